The second-order valence-electron chi connectivity index (χ2n) is 6.01. The Morgan fingerprint density at radius 2 is 1.96 bits per heavy atom. The summed E-state index contributed by atoms with van der Waals surface area (Å²) in [5.74, 6) is 0.788. The first-order chi connectivity index (χ1) is 11.4. The third-order valence-corrected chi connectivity index (χ3v) is 5.15. The van der Waals surface area contributed by atoms with Crippen LogP contribution < -0.4 is 10.6 Å². The summed E-state index contributed by atoms with van der Waals surface area (Å²) in [5.41, 5.74) is 2.06. The van der Waals surface area contributed by atoms with Crippen LogP contribution in [0.5, 0.6) is 0 Å². The van der Waals surface area contributed by atoms with E-state index in [1.807, 2.05) is 53.1 Å². The molecule has 2 aromatic rings. The summed E-state index contributed by atoms with van der Waals surface area (Å²) in [6.45, 7) is 5.91. The molecule has 0 aliphatic carbocycles. The fourth-order valence-electron chi connectivity index (χ4n) is 1.96. The van der Waals surface area contributed by atoms with Gasteiger partial charge in [0.1, 0.15) is 0 Å². The zero-order valence-electron chi connectivity index (χ0n) is 14.9. The average Bonchev–Trinajstić information content (AvgIpc) is 3.04. The van der Waals surface area contributed by atoms with Crippen molar-refractivity contribution in [1.29, 1.82) is 0 Å². The van der Waals surface area contributed by atoms with Crippen molar-refractivity contribution in [2.24, 2.45) is 4.99 Å². The average molecular weight is 494 g/mol. The van der Waals surface area contributed by atoms with Gasteiger partial charge in [-0.3, -0.25) is 4.99 Å². The van der Waals surface area contributed by atoms with E-state index < -0.39 is 0 Å². The van der Waals surface area contributed by atoms with Crippen LogP contribution in [-0.2, 0) is 6.54 Å². The minimum atomic E-state index is 0. The Morgan fingerprint density at radius 3 is 2.56 bits per heavy atom. The Labute approximate surface area is 176 Å². The summed E-state index contributed by atoms with van der Waals surface area (Å²) in [4.78, 5) is 4.26. The maximum Gasteiger partial charge on any atom is 0.191 e. The smallest absolute Gasteiger partial charge is 0.191 e. The lowest BCUT2D eigenvalue weighted by atomic mass is 10.2. The maximum absolute atomic E-state index is 5.92. The molecule has 5 nitrogen and oxygen atoms in total. The Bertz CT molecular complexity index is 685. The number of aromatic nitrogens is 2. The highest BCUT2D eigenvalue weighted by Crippen LogP contribution is 2.19. The SMILES string of the molecule is CN=C(NCc1cnn(-c2ccc(Cl)cc2)c1)NCC(C)(C)SC.I. The molecule has 0 unspecified atom stereocenters. The molecule has 25 heavy (non-hydrogen) atoms. The lowest BCUT2D eigenvalue weighted by Crippen LogP contribution is -2.42. The van der Waals surface area contributed by atoms with Crippen LogP contribution in [-0.4, -0.2) is 40.3 Å². The van der Waals surface area contributed by atoms with E-state index in [0.717, 1.165) is 28.8 Å². The van der Waals surface area contributed by atoms with Crippen molar-refractivity contribution in [2.45, 2.75) is 25.1 Å². The summed E-state index contributed by atoms with van der Waals surface area (Å²) in [6, 6.07) is 7.60. The van der Waals surface area contributed by atoms with Crippen molar-refractivity contribution < 1.29 is 0 Å². The van der Waals surface area contributed by atoms with Gasteiger partial charge in [0.25, 0.3) is 0 Å². The van der Waals surface area contributed by atoms with Gasteiger partial charge in [0.2, 0.25) is 0 Å². The van der Waals surface area contributed by atoms with Crippen LogP contribution >= 0.6 is 47.3 Å². The zero-order valence-corrected chi connectivity index (χ0v) is 18.8. The van der Waals surface area contributed by atoms with Gasteiger partial charge < -0.3 is 10.6 Å². The summed E-state index contributed by atoms with van der Waals surface area (Å²) >= 11 is 7.74. The van der Waals surface area contributed by atoms with Gasteiger partial charge in [0.15, 0.2) is 5.96 Å². The summed E-state index contributed by atoms with van der Waals surface area (Å²) in [6.07, 6.45) is 5.96. The van der Waals surface area contributed by atoms with Crippen LogP contribution in [0.4, 0.5) is 0 Å². The van der Waals surface area contributed by atoms with Crippen molar-refractivity contribution in [3.63, 3.8) is 0 Å². The molecule has 0 saturated heterocycles. The predicted molar refractivity (Wildman–Crippen MR) is 120 cm³/mol. The van der Waals surface area contributed by atoms with E-state index in [2.05, 4.69) is 40.8 Å². The fourth-order valence-corrected chi connectivity index (χ4v) is 2.30. The van der Waals surface area contributed by atoms with Crippen molar-refractivity contribution in [3.8, 4) is 5.69 Å². The quantitative estimate of drug-likeness (QED) is 0.363. The summed E-state index contributed by atoms with van der Waals surface area (Å²) < 4.78 is 2.00. The number of guanidine groups is 1. The largest absolute Gasteiger partial charge is 0.355 e. The topological polar surface area (TPSA) is 54.2 Å². The Hall–Kier alpha value is -0.930. The Balaban J connectivity index is 0.00000312. The van der Waals surface area contributed by atoms with Crippen LogP contribution in [0, 0.1) is 0 Å². The minimum absolute atomic E-state index is 0. The highest BCUT2D eigenvalue weighted by atomic mass is 127. The molecule has 0 bridgehead atoms. The lowest BCUT2D eigenvalue weighted by molar-refractivity contribution is 0.664. The fraction of sp³-hybridized carbons (Fsp3) is 0.412. The van der Waals surface area contributed by atoms with Gasteiger partial charge in [-0.05, 0) is 44.4 Å². The van der Waals surface area contributed by atoms with E-state index >= 15 is 0 Å². The monoisotopic (exact) mass is 493 g/mol. The van der Waals surface area contributed by atoms with Gasteiger partial charge in [0, 0.05) is 41.7 Å². The van der Waals surface area contributed by atoms with Crippen LogP contribution in [0.1, 0.15) is 19.4 Å². The van der Waals surface area contributed by atoms with Gasteiger partial charge in [-0.25, -0.2) is 4.68 Å². The molecule has 0 atom stereocenters. The van der Waals surface area contributed by atoms with Crippen molar-refractivity contribution in [1.82, 2.24) is 20.4 Å². The van der Waals surface area contributed by atoms with Gasteiger partial charge in [0.05, 0.1) is 11.9 Å². The first kappa shape index (κ1) is 22.1. The zero-order chi connectivity index (χ0) is 17.6. The first-order valence-corrected chi connectivity index (χ1v) is 9.33. The summed E-state index contributed by atoms with van der Waals surface area (Å²) in [5, 5.41) is 11.8. The molecule has 0 amide bonds. The molecular formula is C17H25ClIN5S. The van der Waals surface area contributed by atoms with Crippen LogP contribution in [0.3, 0.4) is 0 Å². The van der Waals surface area contributed by atoms with Gasteiger partial charge in [-0.2, -0.15) is 16.9 Å². The highest BCUT2D eigenvalue weighted by Gasteiger charge is 2.16. The van der Waals surface area contributed by atoms with Crippen LogP contribution in [0.2, 0.25) is 5.02 Å². The van der Waals surface area contributed by atoms with E-state index in [1.54, 1.807) is 7.05 Å². The summed E-state index contributed by atoms with van der Waals surface area (Å²) in [7, 11) is 1.78. The standard InChI is InChI=1S/C17H24ClN5S.HI/c1-17(2,24-4)12-21-16(19-3)20-9-13-10-22-23(11-13)15-7-5-14(18)6-8-15;/h5-8,10-11H,9,12H2,1-4H3,(H2,19,20,21);1H. The number of thioether (sulfide) groups is 1. The number of aliphatic imine (C=N–C) groups is 1. The Morgan fingerprint density at radius 1 is 1.28 bits per heavy atom. The second kappa shape index (κ2) is 10.3. The number of hydrogen-bond acceptors (Lipinski definition) is 3. The normalized spacial score (nSPS) is 11.8. The van der Waals surface area contributed by atoms with E-state index in [0.29, 0.717) is 6.54 Å². The lowest BCUT2D eigenvalue weighted by Gasteiger charge is -2.23. The number of nitrogens with zero attached hydrogens (tertiary/aromatic N) is 3. The van der Waals surface area contributed by atoms with E-state index in [1.165, 1.54) is 0 Å². The molecule has 138 valence electrons. The maximum atomic E-state index is 5.92. The number of nitrogens with one attached hydrogen (secondary N) is 2. The molecule has 2 rings (SSSR count). The molecular weight excluding hydrogens is 469 g/mol. The third kappa shape index (κ3) is 7.07. The van der Waals surface area contributed by atoms with Crippen LogP contribution in [0.25, 0.3) is 5.69 Å². The van der Waals surface area contributed by atoms with Crippen molar-refractivity contribution >= 4 is 53.3 Å². The van der Waals surface area contributed by atoms with Gasteiger partial charge in [-0.1, -0.05) is 11.6 Å². The third-order valence-electron chi connectivity index (χ3n) is 3.64. The molecule has 2 N–H and O–H groups in total. The molecule has 1 heterocycles. The number of rotatable bonds is 6. The molecule has 0 fully saturated rings. The van der Waals surface area contributed by atoms with Gasteiger partial charge in [-0.15, -0.1) is 24.0 Å². The predicted octanol–water partition coefficient (Wildman–Crippen LogP) is 3.95. The molecule has 1 aromatic carbocycles. The molecule has 0 aliphatic heterocycles. The van der Waals surface area contributed by atoms with Crippen molar-refractivity contribution in [3.05, 3.63) is 47.2 Å². The molecule has 0 saturated carbocycles. The van der Waals surface area contributed by atoms with E-state index in [-0.39, 0.29) is 28.7 Å². The Kier molecular flexibility index (Phi) is 9.09. The van der Waals surface area contributed by atoms with Crippen LogP contribution in [0.15, 0.2) is 41.7 Å². The molecule has 1 aromatic heterocycles. The minimum Gasteiger partial charge on any atom is -0.355 e. The highest BCUT2D eigenvalue weighted by molar-refractivity contribution is 14.0. The van der Waals surface area contributed by atoms with E-state index in [9.17, 15) is 0 Å². The number of hydrogen-bond donors (Lipinski definition) is 2. The number of halogens is 2. The van der Waals surface area contributed by atoms with Gasteiger partial charge >= 0.3 is 0 Å². The van der Waals surface area contributed by atoms with Crippen molar-refractivity contribution in [2.75, 3.05) is 19.8 Å². The molecule has 0 aliphatic rings. The number of benzene rings is 1. The molecule has 8 heteroatoms. The first-order valence-electron chi connectivity index (χ1n) is 7.73. The molecule has 0 spiro atoms. The molecule has 0 radical (unpaired) electrons. The second-order valence-corrected chi connectivity index (χ2v) is 7.96. The van der Waals surface area contributed by atoms with E-state index in [4.69, 9.17) is 11.6 Å².